The van der Waals surface area contributed by atoms with Gasteiger partial charge in [-0.25, -0.2) is 9.07 Å². The maximum Gasteiger partial charge on any atom is 0.275 e. The van der Waals surface area contributed by atoms with E-state index in [1.54, 1.807) is 25.4 Å². The van der Waals surface area contributed by atoms with Gasteiger partial charge in [0.15, 0.2) is 11.4 Å². The maximum absolute atomic E-state index is 13.2. The molecular weight excluding hydrogens is 349 g/mol. The Hall–Kier alpha value is -3.19. The molecule has 140 valence electrons. The number of carbonyl (C=O) groups is 1. The van der Waals surface area contributed by atoms with Crippen LogP contribution in [0.15, 0.2) is 60.8 Å². The number of halogens is 1. The lowest BCUT2D eigenvalue weighted by atomic mass is 10.2. The van der Waals surface area contributed by atoms with E-state index in [1.807, 2.05) is 30.3 Å². The Morgan fingerprint density at radius 3 is 2.59 bits per heavy atom. The lowest BCUT2D eigenvalue weighted by molar-refractivity contribution is 0.0927. The van der Waals surface area contributed by atoms with Gasteiger partial charge in [-0.15, -0.1) is 0 Å². The number of nitrogens with zero attached hydrogens (tertiary/aromatic N) is 2. The number of hydrogen-bond acceptors (Lipinski definition) is 4. The average molecular weight is 369 g/mol. The lowest BCUT2D eigenvalue weighted by Crippen LogP contribution is -2.27. The third kappa shape index (κ3) is 4.92. The van der Waals surface area contributed by atoms with Crippen molar-refractivity contribution in [3.63, 3.8) is 0 Å². The number of amides is 1. The minimum absolute atomic E-state index is 0.159. The van der Waals surface area contributed by atoms with E-state index in [2.05, 4.69) is 10.4 Å². The Labute approximate surface area is 156 Å². The number of nitrogens with one attached hydrogen (secondary N) is 1. The van der Waals surface area contributed by atoms with Gasteiger partial charge in [0.05, 0.1) is 18.5 Å². The Bertz CT molecular complexity index is 879. The molecule has 27 heavy (non-hydrogen) atoms. The standard InChI is InChI=1S/C20H20FN3O3/c1-26-12-11-22-20(25)19-18(27-14-15-5-3-2-4-6-15)13-24(23-19)17-9-7-16(21)8-10-17/h2-10,13H,11-12,14H2,1H3,(H,22,25). The summed E-state index contributed by atoms with van der Waals surface area (Å²) in [5.41, 5.74) is 1.75. The summed E-state index contributed by atoms with van der Waals surface area (Å²) in [6, 6.07) is 15.4. The zero-order valence-corrected chi connectivity index (χ0v) is 14.9. The van der Waals surface area contributed by atoms with Gasteiger partial charge in [-0.2, -0.15) is 5.10 Å². The van der Waals surface area contributed by atoms with E-state index >= 15 is 0 Å². The van der Waals surface area contributed by atoms with Crippen LogP contribution in [0, 0.1) is 5.82 Å². The molecule has 0 aliphatic carbocycles. The fourth-order valence-electron chi connectivity index (χ4n) is 2.43. The Balaban J connectivity index is 1.83. The summed E-state index contributed by atoms with van der Waals surface area (Å²) < 4.78 is 25.4. The quantitative estimate of drug-likeness (QED) is 0.620. The molecule has 0 aliphatic heterocycles. The van der Waals surface area contributed by atoms with Gasteiger partial charge in [0.25, 0.3) is 5.91 Å². The minimum Gasteiger partial charge on any atom is -0.485 e. The van der Waals surface area contributed by atoms with Crippen molar-refractivity contribution in [1.82, 2.24) is 15.1 Å². The summed E-state index contributed by atoms with van der Waals surface area (Å²) in [5, 5.41) is 7.05. The Morgan fingerprint density at radius 1 is 1.15 bits per heavy atom. The van der Waals surface area contributed by atoms with Gasteiger partial charge in [0.1, 0.15) is 12.4 Å². The fourth-order valence-corrected chi connectivity index (χ4v) is 2.43. The molecule has 1 heterocycles. The van der Waals surface area contributed by atoms with Gasteiger partial charge in [0, 0.05) is 13.7 Å². The van der Waals surface area contributed by atoms with Crippen molar-refractivity contribution >= 4 is 5.91 Å². The second kappa shape index (κ2) is 8.95. The molecule has 0 saturated heterocycles. The third-order valence-corrected chi connectivity index (χ3v) is 3.82. The average Bonchev–Trinajstić information content (AvgIpc) is 3.12. The zero-order chi connectivity index (χ0) is 19.1. The van der Waals surface area contributed by atoms with Crippen molar-refractivity contribution < 1.29 is 18.7 Å². The van der Waals surface area contributed by atoms with Crippen molar-refractivity contribution in [3.05, 3.63) is 77.9 Å². The van der Waals surface area contributed by atoms with Crippen LogP contribution in [0.25, 0.3) is 5.69 Å². The van der Waals surface area contributed by atoms with Crippen molar-refractivity contribution in [1.29, 1.82) is 0 Å². The minimum atomic E-state index is -0.365. The molecular formula is C20H20FN3O3. The largest absolute Gasteiger partial charge is 0.485 e. The van der Waals surface area contributed by atoms with Crippen LogP contribution in [-0.2, 0) is 11.3 Å². The topological polar surface area (TPSA) is 65.4 Å². The number of aromatic nitrogens is 2. The number of carbonyl (C=O) groups excluding carboxylic acids is 1. The fraction of sp³-hybridized carbons (Fsp3) is 0.200. The van der Waals surface area contributed by atoms with Crippen LogP contribution in [0.3, 0.4) is 0 Å². The number of benzene rings is 2. The van der Waals surface area contributed by atoms with Gasteiger partial charge < -0.3 is 14.8 Å². The summed E-state index contributed by atoms with van der Waals surface area (Å²) in [4.78, 5) is 12.5. The lowest BCUT2D eigenvalue weighted by Gasteiger charge is -2.06. The SMILES string of the molecule is COCCNC(=O)c1nn(-c2ccc(F)cc2)cc1OCc1ccccc1. The molecule has 0 saturated carbocycles. The molecule has 0 fully saturated rings. The van der Waals surface area contributed by atoms with E-state index in [0.717, 1.165) is 5.56 Å². The van der Waals surface area contributed by atoms with Crippen molar-refractivity contribution in [2.75, 3.05) is 20.3 Å². The van der Waals surface area contributed by atoms with Gasteiger partial charge in [-0.3, -0.25) is 4.79 Å². The second-order valence-electron chi connectivity index (χ2n) is 5.79. The van der Waals surface area contributed by atoms with E-state index in [1.165, 1.54) is 16.8 Å². The Kier molecular flexibility index (Phi) is 6.17. The van der Waals surface area contributed by atoms with Gasteiger partial charge >= 0.3 is 0 Å². The highest BCUT2D eigenvalue weighted by atomic mass is 19.1. The zero-order valence-electron chi connectivity index (χ0n) is 14.9. The van der Waals surface area contributed by atoms with Crippen LogP contribution in [0.2, 0.25) is 0 Å². The van der Waals surface area contributed by atoms with Crippen LogP contribution >= 0.6 is 0 Å². The molecule has 3 aromatic rings. The molecule has 0 unspecified atom stereocenters. The first-order valence-electron chi connectivity index (χ1n) is 8.47. The smallest absolute Gasteiger partial charge is 0.275 e. The van der Waals surface area contributed by atoms with Crippen molar-refractivity contribution in [3.8, 4) is 11.4 Å². The first-order chi connectivity index (χ1) is 13.2. The summed E-state index contributed by atoms with van der Waals surface area (Å²) in [6.45, 7) is 1.05. The molecule has 3 rings (SSSR count). The Morgan fingerprint density at radius 2 is 1.89 bits per heavy atom. The van der Waals surface area contributed by atoms with E-state index in [4.69, 9.17) is 9.47 Å². The summed E-state index contributed by atoms with van der Waals surface area (Å²) in [5.74, 6) is -0.363. The third-order valence-electron chi connectivity index (χ3n) is 3.82. The molecule has 2 aromatic carbocycles. The molecule has 0 bridgehead atoms. The monoisotopic (exact) mass is 369 g/mol. The van der Waals surface area contributed by atoms with Crippen molar-refractivity contribution in [2.45, 2.75) is 6.61 Å². The molecule has 1 aromatic heterocycles. The first-order valence-corrected chi connectivity index (χ1v) is 8.47. The summed E-state index contributed by atoms with van der Waals surface area (Å²) >= 11 is 0. The predicted molar refractivity (Wildman–Crippen MR) is 98.5 cm³/mol. The maximum atomic E-state index is 13.2. The highest BCUT2D eigenvalue weighted by Gasteiger charge is 2.19. The molecule has 0 spiro atoms. The number of ether oxygens (including phenoxy) is 2. The summed E-state index contributed by atoms with van der Waals surface area (Å²) in [7, 11) is 1.56. The van der Waals surface area contributed by atoms with Gasteiger partial charge in [0.2, 0.25) is 0 Å². The molecule has 0 atom stereocenters. The number of hydrogen-bond donors (Lipinski definition) is 1. The molecule has 0 radical (unpaired) electrons. The molecule has 1 amide bonds. The highest BCUT2D eigenvalue weighted by Crippen LogP contribution is 2.21. The van der Waals surface area contributed by atoms with Crippen LogP contribution in [-0.4, -0.2) is 35.9 Å². The van der Waals surface area contributed by atoms with E-state index in [9.17, 15) is 9.18 Å². The number of rotatable bonds is 8. The molecule has 7 heteroatoms. The van der Waals surface area contributed by atoms with Crippen LogP contribution < -0.4 is 10.1 Å². The molecule has 1 N–H and O–H groups in total. The molecule has 6 nitrogen and oxygen atoms in total. The van der Waals surface area contributed by atoms with E-state index < -0.39 is 0 Å². The van der Waals surface area contributed by atoms with Crippen molar-refractivity contribution in [2.24, 2.45) is 0 Å². The van der Waals surface area contributed by atoms with Crippen LogP contribution in [0.5, 0.6) is 5.75 Å². The molecule has 0 aliphatic rings. The van der Waals surface area contributed by atoms with E-state index in [0.29, 0.717) is 31.2 Å². The second-order valence-corrected chi connectivity index (χ2v) is 5.79. The first kappa shape index (κ1) is 18.6. The highest BCUT2D eigenvalue weighted by molar-refractivity contribution is 5.94. The van der Waals surface area contributed by atoms with E-state index in [-0.39, 0.29) is 17.4 Å². The van der Waals surface area contributed by atoms with Gasteiger partial charge in [-0.05, 0) is 29.8 Å². The van der Waals surface area contributed by atoms with Gasteiger partial charge in [-0.1, -0.05) is 30.3 Å². The predicted octanol–water partition coefficient (Wildman–Crippen LogP) is 2.97. The normalized spacial score (nSPS) is 10.6. The van der Waals surface area contributed by atoms with Crippen LogP contribution in [0.1, 0.15) is 16.1 Å². The van der Waals surface area contributed by atoms with Crippen LogP contribution in [0.4, 0.5) is 4.39 Å². The number of methoxy groups -OCH3 is 1. The summed E-state index contributed by atoms with van der Waals surface area (Å²) in [6.07, 6.45) is 1.61.